The van der Waals surface area contributed by atoms with Crippen LogP contribution in [0.25, 0.3) is 0 Å². The Morgan fingerprint density at radius 3 is 2.62 bits per heavy atom. The first-order chi connectivity index (χ1) is 10.2. The van der Waals surface area contributed by atoms with Crippen molar-refractivity contribution in [3.63, 3.8) is 0 Å². The molecule has 0 aliphatic carbocycles. The minimum atomic E-state index is 0.195. The maximum atomic E-state index is 12.7. The molecule has 1 N–H and O–H groups in total. The minimum Gasteiger partial charge on any atom is -0.336 e. The fourth-order valence-electron chi connectivity index (χ4n) is 3.39. The third-order valence-corrected chi connectivity index (χ3v) is 4.99. The van der Waals surface area contributed by atoms with Gasteiger partial charge in [0.15, 0.2) is 0 Å². The number of carbonyl (C=O) groups is 1. The van der Waals surface area contributed by atoms with Crippen molar-refractivity contribution in [3.05, 3.63) is 34.9 Å². The Kier molecular flexibility index (Phi) is 4.27. The van der Waals surface area contributed by atoms with Gasteiger partial charge in [0.05, 0.1) is 0 Å². The topological polar surface area (TPSA) is 35.6 Å². The second-order valence-electron chi connectivity index (χ2n) is 6.22. The molecule has 2 saturated heterocycles. The molecular formula is C17H25N3O. The molecule has 4 nitrogen and oxygen atoms in total. The van der Waals surface area contributed by atoms with Crippen molar-refractivity contribution in [1.29, 1.82) is 0 Å². The average molecular weight is 287 g/mol. The van der Waals surface area contributed by atoms with Gasteiger partial charge in [-0.3, -0.25) is 9.69 Å². The molecule has 4 heteroatoms. The summed E-state index contributed by atoms with van der Waals surface area (Å²) in [6.07, 6.45) is 1.24. The SMILES string of the molecule is Cc1cccc(C(=O)N2CCN(C3CCNC3)CC2)c1C. The van der Waals surface area contributed by atoms with Crippen LogP contribution in [0.1, 0.15) is 27.9 Å². The molecule has 114 valence electrons. The van der Waals surface area contributed by atoms with Gasteiger partial charge in [0, 0.05) is 44.3 Å². The Morgan fingerprint density at radius 1 is 1.19 bits per heavy atom. The highest BCUT2D eigenvalue weighted by atomic mass is 16.2. The number of hydrogen-bond acceptors (Lipinski definition) is 3. The second kappa shape index (κ2) is 6.16. The Hall–Kier alpha value is -1.39. The van der Waals surface area contributed by atoms with Gasteiger partial charge < -0.3 is 10.2 Å². The van der Waals surface area contributed by atoms with Crippen molar-refractivity contribution >= 4 is 5.91 Å². The highest BCUT2D eigenvalue weighted by molar-refractivity contribution is 5.96. The molecule has 0 aromatic heterocycles. The van der Waals surface area contributed by atoms with Crippen LogP contribution in [0, 0.1) is 13.8 Å². The summed E-state index contributed by atoms with van der Waals surface area (Å²) >= 11 is 0. The van der Waals surface area contributed by atoms with Crippen molar-refractivity contribution in [2.45, 2.75) is 26.3 Å². The molecule has 2 aliphatic rings. The summed E-state index contributed by atoms with van der Waals surface area (Å²) in [7, 11) is 0. The molecule has 0 radical (unpaired) electrons. The van der Waals surface area contributed by atoms with Crippen LogP contribution in [0.4, 0.5) is 0 Å². The minimum absolute atomic E-state index is 0.195. The average Bonchev–Trinajstić information content (AvgIpc) is 3.04. The molecule has 2 fully saturated rings. The number of amides is 1. The standard InChI is InChI=1S/C17H25N3O/c1-13-4-3-5-16(14(13)2)17(21)20-10-8-19(9-11-20)15-6-7-18-12-15/h3-5,15,18H,6-12H2,1-2H3. The van der Waals surface area contributed by atoms with Gasteiger partial charge in [-0.2, -0.15) is 0 Å². The maximum Gasteiger partial charge on any atom is 0.254 e. The van der Waals surface area contributed by atoms with Gasteiger partial charge in [0.25, 0.3) is 5.91 Å². The lowest BCUT2D eigenvalue weighted by atomic mass is 10.0. The second-order valence-corrected chi connectivity index (χ2v) is 6.22. The molecule has 3 rings (SSSR count). The van der Waals surface area contributed by atoms with Crippen LogP contribution >= 0.6 is 0 Å². The van der Waals surface area contributed by atoms with E-state index in [-0.39, 0.29) is 5.91 Å². The molecule has 2 aliphatic heterocycles. The zero-order valence-corrected chi connectivity index (χ0v) is 13.1. The summed E-state index contributed by atoms with van der Waals surface area (Å²) in [4.78, 5) is 17.2. The summed E-state index contributed by atoms with van der Waals surface area (Å²) in [5.41, 5.74) is 3.17. The van der Waals surface area contributed by atoms with Crippen LogP contribution < -0.4 is 5.32 Å². The van der Waals surface area contributed by atoms with E-state index in [1.165, 1.54) is 12.0 Å². The van der Waals surface area contributed by atoms with Crippen molar-refractivity contribution < 1.29 is 4.79 Å². The lowest BCUT2D eigenvalue weighted by molar-refractivity contribution is 0.0583. The Bertz CT molecular complexity index is 515. The summed E-state index contributed by atoms with van der Waals surface area (Å²) < 4.78 is 0. The van der Waals surface area contributed by atoms with Gasteiger partial charge in [-0.1, -0.05) is 12.1 Å². The number of hydrogen-bond donors (Lipinski definition) is 1. The van der Waals surface area contributed by atoms with E-state index in [2.05, 4.69) is 23.2 Å². The third-order valence-electron chi connectivity index (χ3n) is 4.99. The number of carbonyl (C=O) groups excluding carboxylic acids is 1. The van der Waals surface area contributed by atoms with Gasteiger partial charge in [0.1, 0.15) is 0 Å². The highest BCUT2D eigenvalue weighted by Gasteiger charge is 2.28. The third kappa shape index (κ3) is 2.97. The number of nitrogens with zero attached hydrogens (tertiary/aromatic N) is 2. The first-order valence-electron chi connectivity index (χ1n) is 7.97. The predicted molar refractivity (Wildman–Crippen MR) is 84.7 cm³/mol. The van der Waals surface area contributed by atoms with Crippen molar-refractivity contribution in [2.75, 3.05) is 39.3 Å². The van der Waals surface area contributed by atoms with Crippen LogP contribution in [0.3, 0.4) is 0 Å². The van der Waals surface area contributed by atoms with Gasteiger partial charge in [-0.05, 0) is 44.0 Å². The summed E-state index contributed by atoms with van der Waals surface area (Å²) in [6.45, 7) is 10.1. The van der Waals surface area contributed by atoms with Gasteiger partial charge in [-0.15, -0.1) is 0 Å². The van der Waals surface area contributed by atoms with E-state index in [1.54, 1.807) is 0 Å². The maximum absolute atomic E-state index is 12.7. The van der Waals surface area contributed by atoms with E-state index in [0.29, 0.717) is 6.04 Å². The number of rotatable bonds is 2. The lowest BCUT2D eigenvalue weighted by Gasteiger charge is -2.38. The van der Waals surface area contributed by atoms with Crippen LogP contribution in [0.5, 0.6) is 0 Å². The Morgan fingerprint density at radius 2 is 1.95 bits per heavy atom. The summed E-state index contributed by atoms with van der Waals surface area (Å²) in [5, 5.41) is 3.42. The molecule has 1 unspecified atom stereocenters. The van der Waals surface area contributed by atoms with Crippen molar-refractivity contribution in [3.8, 4) is 0 Å². The quantitative estimate of drug-likeness (QED) is 0.893. The van der Waals surface area contributed by atoms with Crippen LogP contribution in [0.15, 0.2) is 18.2 Å². The van der Waals surface area contributed by atoms with E-state index in [9.17, 15) is 4.79 Å². The molecule has 1 aromatic rings. The summed E-state index contributed by atoms with van der Waals surface area (Å²) in [6, 6.07) is 6.67. The molecule has 21 heavy (non-hydrogen) atoms. The molecule has 1 aromatic carbocycles. The zero-order chi connectivity index (χ0) is 14.8. The monoisotopic (exact) mass is 287 g/mol. The van der Waals surface area contributed by atoms with Crippen molar-refractivity contribution in [2.24, 2.45) is 0 Å². The Labute approximate surface area is 127 Å². The first kappa shape index (κ1) is 14.5. The van der Waals surface area contributed by atoms with Crippen LogP contribution in [0.2, 0.25) is 0 Å². The smallest absolute Gasteiger partial charge is 0.254 e. The van der Waals surface area contributed by atoms with Crippen LogP contribution in [-0.4, -0.2) is 61.0 Å². The number of nitrogens with one attached hydrogen (secondary N) is 1. The van der Waals surface area contributed by atoms with Gasteiger partial charge >= 0.3 is 0 Å². The fraction of sp³-hybridized carbons (Fsp3) is 0.588. The van der Waals surface area contributed by atoms with E-state index in [0.717, 1.165) is 50.4 Å². The first-order valence-corrected chi connectivity index (χ1v) is 7.97. The van der Waals surface area contributed by atoms with Gasteiger partial charge in [-0.25, -0.2) is 0 Å². The normalized spacial score (nSPS) is 23.5. The van der Waals surface area contributed by atoms with E-state index < -0.39 is 0 Å². The molecule has 0 bridgehead atoms. The number of benzene rings is 1. The molecular weight excluding hydrogens is 262 g/mol. The number of aryl methyl sites for hydroxylation is 1. The molecule has 1 amide bonds. The molecule has 1 atom stereocenters. The predicted octanol–water partition coefficient (Wildman–Crippen LogP) is 1.42. The van der Waals surface area contributed by atoms with E-state index in [4.69, 9.17) is 0 Å². The van der Waals surface area contributed by atoms with Crippen LogP contribution in [-0.2, 0) is 0 Å². The molecule has 2 heterocycles. The van der Waals surface area contributed by atoms with E-state index in [1.807, 2.05) is 24.0 Å². The van der Waals surface area contributed by atoms with Gasteiger partial charge in [0.2, 0.25) is 0 Å². The number of piperazine rings is 1. The van der Waals surface area contributed by atoms with Crippen molar-refractivity contribution in [1.82, 2.24) is 15.1 Å². The molecule has 0 spiro atoms. The largest absolute Gasteiger partial charge is 0.336 e. The zero-order valence-electron chi connectivity index (χ0n) is 13.1. The fourth-order valence-corrected chi connectivity index (χ4v) is 3.39. The Balaban J connectivity index is 1.63. The molecule has 0 saturated carbocycles. The van der Waals surface area contributed by atoms with E-state index >= 15 is 0 Å². The lowest BCUT2D eigenvalue weighted by Crippen LogP contribution is -2.52. The summed E-state index contributed by atoms with van der Waals surface area (Å²) in [5.74, 6) is 0.195. The highest BCUT2D eigenvalue weighted by Crippen LogP contribution is 2.17.